The molecule has 20 heteroatoms. The summed E-state index contributed by atoms with van der Waals surface area (Å²) in [5.74, 6) is -1.41. The highest BCUT2D eigenvalue weighted by molar-refractivity contribution is 7.47. The Morgan fingerprint density at radius 2 is 1.04 bits per heavy atom. The fourth-order valence-electron chi connectivity index (χ4n) is 6.64. The van der Waals surface area contributed by atoms with Crippen molar-refractivity contribution in [3.05, 3.63) is 109 Å². The molecule has 0 aromatic heterocycles. The second-order valence-corrected chi connectivity index (χ2v) is 19.4. The second-order valence-electron chi connectivity index (χ2n) is 16.8. The SMILES string of the molecule is CC/C=C\C[C@H](O)/C=C/C=C\C=C\[C@H](O)C/C=C\C/C=C\CCC(=O)O[C@H](COC(=O)CCCCCC/C=C\C/C=C\C/C=C\CCCCC)COP(=O)(O)O[C@H]1C(O)C(O)C(O)[C@@H](OP(=O)(O)O)C1O. The number of ether oxygens (including phenoxy) is 2. The Morgan fingerprint density at radius 1 is 0.535 bits per heavy atom. The van der Waals surface area contributed by atoms with E-state index in [-0.39, 0.29) is 19.3 Å². The van der Waals surface area contributed by atoms with Gasteiger partial charge in [0.05, 0.1) is 18.8 Å². The van der Waals surface area contributed by atoms with Crippen LogP contribution in [0.4, 0.5) is 0 Å². The lowest BCUT2D eigenvalue weighted by molar-refractivity contribution is -0.216. The quantitative estimate of drug-likeness (QED) is 0.00938. The van der Waals surface area contributed by atoms with Crippen molar-refractivity contribution in [3.63, 3.8) is 0 Å². The second kappa shape index (κ2) is 40.0. The van der Waals surface area contributed by atoms with Crippen molar-refractivity contribution >= 4 is 27.6 Å². The Hall–Kier alpha value is -3.42. The Balaban J connectivity index is 2.70. The highest BCUT2D eigenvalue weighted by atomic mass is 31.2. The minimum absolute atomic E-state index is 0.0502. The predicted octanol–water partition coefficient (Wildman–Crippen LogP) is 7.67. The van der Waals surface area contributed by atoms with Crippen LogP contribution in [0.15, 0.2) is 109 Å². The van der Waals surface area contributed by atoms with Gasteiger partial charge in [0.25, 0.3) is 0 Å². The molecule has 10 atom stereocenters. The van der Waals surface area contributed by atoms with Crippen molar-refractivity contribution in [1.29, 1.82) is 0 Å². The molecule has 0 aromatic carbocycles. The number of phosphoric acid groups is 2. The molecular formula is C51H82O18P2. The number of esters is 2. The van der Waals surface area contributed by atoms with Crippen LogP contribution in [0.3, 0.4) is 0 Å². The highest BCUT2D eigenvalue weighted by Crippen LogP contribution is 2.49. The van der Waals surface area contributed by atoms with Crippen molar-refractivity contribution in [2.45, 2.75) is 184 Å². The molecule has 0 spiro atoms. The summed E-state index contributed by atoms with van der Waals surface area (Å²) in [7, 11) is -10.8. The monoisotopic (exact) mass is 1040 g/mol. The lowest BCUT2D eigenvalue weighted by atomic mass is 9.85. The maximum absolute atomic E-state index is 13.0. The third-order valence-electron chi connectivity index (χ3n) is 10.5. The van der Waals surface area contributed by atoms with Crippen molar-refractivity contribution in [2.75, 3.05) is 13.2 Å². The maximum atomic E-state index is 13.0. The van der Waals surface area contributed by atoms with E-state index < -0.39 is 95.7 Å². The molecule has 0 saturated heterocycles. The third kappa shape index (κ3) is 34.6. The van der Waals surface area contributed by atoms with Crippen LogP contribution in [0.2, 0.25) is 0 Å². The molecular weight excluding hydrogens is 962 g/mol. The fraction of sp³-hybridized carbons (Fsp3) is 0.608. The molecule has 0 aromatic rings. The molecule has 0 heterocycles. The minimum Gasteiger partial charge on any atom is -0.462 e. The van der Waals surface area contributed by atoms with Gasteiger partial charge in [0.2, 0.25) is 0 Å². The first-order chi connectivity index (χ1) is 33.9. The van der Waals surface area contributed by atoms with E-state index in [0.29, 0.717) is 25.7 Å². The van der Waals surface area contributed by atoms with Gasteiger partial charge in [-0.3, -0.25) is 23.2 Å². The standard InChI is InChI=1S/C51H82O18P2/c1-3-5-7-8-9-10-11-12-13-14-15-16-17-18-19-23-31-37-44(54)65-39-43(40-66-71(63,64)69-51-48(58)46(56)47(57)50(49(51)59)68-70(60,61)62)67-45(55)38-32-24-21-20-22-28-34-42(53)36-30-26-25-29-35-41(52)33-27-6-4-2/h6,9-10,12-13,15-16,21-22,24-30,35-36,41-43,46-53,56-59H,3-5,7-8,11,14,17-20,23,31-34,37-40H2,1-2H3,(H,63,64)(H2,60,61,62)/b10-9-,13-12-,16-15-,24-21-,26-25-,27-6-,28-22-,35-29+,36-30+/t41-,42+,43+,46?,47?,48?,49?,50+,51-/m0/s1. The van der Waals surface area contributed by atoms with Crippen LogP contribution in [0, 0.1) is 0 Å². The first kappa shape index (κ1) is 65.6. The number of rotatable bonds is 39. The molecule has 9 N–H and O–H groups in total. The summed E-state index contributed by atoms with van der Waals surface area (Å²) in [6.45, 7) is 2.72. The number of aliphatic hydroxyl groups is 6. The summed E-state index contributed by atoms with van der Waals surface area (Å²) in [5.41, 5.74) is 0. The Bertz CT molecular complexity index is 1820. The van der Waals surface area contributed by atoms with Crippen molar-refractivity contribution in [1.82, 2.24) is 0 Å². The molecule has 0 aliphatic heterocycles. The van der Waals surface area contributed by atoms with Crippen molar-refractivity contribution in [3.8, 4) is 0 Å². The van der Waals surface area contributed by atoms with Gasteiger partial charge in [-0.25, -0.2) is 9.13 Å². The van der Waals surface area contributed by atoms with Crippen molar-refractivity contribution < 1.29 is 87.1 Å². The zero-order valence-corrected chi connectivity index (χ0v) is 43.1. The number of carbonyl (C=O) groups excluding carboxylic acids is 2. The molecule has 5 unspecified atom stereocenters. The van der Waals surface area contributed by atoms with Crippen LogP contribution in [-0.2, 0) is 41.8 Å². The molecule has 1 rings (SSSR count). The number of hydrogen-bond acceptors (Lipinski definition) is 15. The van der Waals surface area contributed by atoms with E-state index in [0.717, 1.165) is 51.4 Å². The molecule has 1 fully saturated rings. The fourth-order valence-corrected chi connectivity index (χ4v) is 8.18. The van der Waals surface area contributed by atoms with E-state index >= 15 is 0 Å². The molecule has 0 bridgehead atoms. The number of aliphatic hydroxyl groups excluding tert-OH is 6. The number of hydrogen-bond donors (Lipinski definition) is 9. The Labute approximate surface area is 420 Å². The first-order valence-corrected chi connectivity index (χ1v) is 27.7. The predicted molar refractivity (Wildman–Crippen MR) is 271 cm³/mol. The van der Waals surface area contributed by atoms with Crippen LogP contribution in [0.1, 0.15) is 129 Å². The van der Waals surface area contributed by atoms with Gasteiger partial charge in [0.15, 0.2) is 6.10 Å². The van der Waals surface area contributed by atoms with E-state index in [1.54, 1.807) is 54.7 Å². The van der Waals surface area contributed by atoms with Crippen LogP contribution >= 0.6 is 15.6 Å². The van der Waals surface area contributed by atoms with Gasteiger partial charge in [-0.15, -0.1) is 0 Å². The molecule has 18 nitrogen and oxygen atoms in total. The molecule has 0 amide bonds. The summed E-state index contributed by atoms with van der Waals surface area (Å²) in [6.07, 6.45) is 31.0. The summed E-state index contributed by atoms with van der Waals surface area (Å²) in [5, 5.41) is 61.3. The zero-order chi connectivity index (χ0) is 52.8. The largest absolute Gasteiger partial charge is 0.472 e. The van der Waals surface area contributed by atoms with E-state index in [1.807, 2.05) is 25.2 Å². The Kier molecular flexibility index (Phi) is 37.0. The van der Waals surface area contributed by atoms with Crippen LogP contribution < -0.4 is 0 Å². The van der Waals surface area contributed by atoms with Crippen LogP contribution in [0.25, 0.3) is 0 Å². The number of allylic oxidation sites excluding steroid dienone is 14. The summed E-state index contributed by atoms with van der Waals surface area (Å²) < 4.78 is 49.2. The lowest BCUT2D eigenvalue weighted by Crippen LogP contribution is -2.64. The smallest absolute Gasteiger partial charge is 0.462 e. The average Bonchev–Trinajstić information content (AvgIpc) is 3.32. The summed E-state index contributed by atoms with van der Waals surface area (Å²) in [6, 6.07) is 0. The van der Waals surface area contributed by atoms with E-state index in [4.69, 9.17) is 18.5 Å². The van der Waals surface area contributed by atoms with Gasteiger partial charge in [-0.2, -0.15) is 0 Å². The molecule has 71 heavy (non-hydrogen) atoms. The number of carbonyl (C=O) groups is 2. The van der Waals surface area contributed by atoms with E-state index in [1.165, 1.54) is 19.3 Å². The summed E-state index contributed by atoms with van der Waals surface area (Å²) >= 11 is 0. The van der Waals surface area contributed by atoms with Crippen LogP contribution in [0.5, 0.6) is 0 Å². The normalized spacial score (nSPS) is 22.7. The highest BCUT2D eigenvalue weighted by Gasteiger charge is 2.54. The maximum Gasteiger partial charge on any atom is 0.472 e. The molecule has 1 aliphatic carbocycles. The lowest BCUT2D eigenvalue weighted by Gasteiger charge is -2.43. The molecule has 1 saturated carbocycles. The van der Waals surface area contributed by atoms with Crippen molar-refractivity contribution in [2.24, 2.45) is 0 Å². The number of phosphoric ester groups is 2. The zero-order valence-electron chi connectivity index (χ0n) is 41.3. The first-order valence-electron chi connectivity index (χ1n) is 24.6. The Morgan fingerprint density at radius 3 is 1.61 bits per heavy atom. The molecule has 404 valence electrons. The van der Waals surface area contributed by atoms with Gasteiger partial charge in [0, 0.05) is 12.8 Å². The van der Waals surface area contributed by atoms with Crippen LogP contribution in [-0.4, -0.2) is 125 Å². The van der Waals surface area contributed by atoms with E-state index in [9.17, 15) is 64.0 Å². The van der Waals surface area contributed by atoms with E-state index in [2.05, 4.69) is 47.9 Å². The molecule has 0 radical (unpaired) electrons. The van der Waals surface area contributed by atoms with Gasteiger partial charge < -0.3 is 54.8 Å². The number of unbranched alkanes of at least 4 members (excludes halogenated alkanes) is 7. The summed E-state index contributed by atoms with van der Waals surface area (Å²) in [4.78, 5) is 54.3. The van der Waals surface area contributed by atoms with Gasteiger partial charge in [-0.05, 0) is 77.0 Å². The van der Waals surface area contributed by atoms with Gasteiger partial charge in [0.1, 0.15) is 43.2 Å². The van der Waals surface area contributed by atoms with Gasteiger partial charge in [-0.1, -0.05) is 149 Å². The molecule has 1 aliphatic rings. The van der Waals surface area contributed by atoms with Gasteiger partial charge >= 0.3 is 27.6 Å². The average molecular weight is 1050 g/mol. The minimum atomic E-state index is -5.40. The third-order valence-corrected chi connectivity index (χ3v) is 12.0. The topological polar surface area (TPSA) is 296 Å².